The maximum absolute atomic E-state index is 7.23. The number of hydrogen-bond acceptors (Lipinski definition) is 1. The molecule has 3 N–H and O–H groups in total. The first kappa shape index (κ1) is 10.1. The maximum Gasteiger partial charge on any atom is 0.249 e. The second-order valence-electron chi connectivity index (χ2n) is 2.66. The van der Waals surface area contributed by atoms with Gasteiger partial charge in [0.2, 0.25) is 3.79 Å². The third kappa shape index (κ3) is 2.81. The molecule has 1 fully saturated rings. The van der Waals surface area contributed by atoms with Gasteiger partial charge in [0, 0.05) is 5.92 Å². The van der Waals surface area contributed by atoms with Gasteiger partial charge in [-0.05, 0) is 12.8 Å². The summed E-state index contributed by atoms with van der Waals surface area (Å²) in [7, 11) is 0. The Hall–Kier alpha value is 0.01000. The van der Waals surface area contributed by atoms with Gasteiger partial charge in [0.25, 0.3) is 0 Å². The molecule has 0 aromatic heterocycles. The SMILES string of the molecule is N=C(N=C(N)C1CC1)C(Cl)(Cl)Cl. The van der Waals surface area contributed by atoms with Crippen LogP contribution >= 0.6 is 34.8 Å². The van der Waals surface area contributed by atoms with E-state index in [0.29, 0.717) is 5.84 Å². The summed E-state index contributed by atoms with van der Waals surface area (Å²) < 4.78 is -1.76. The Labute approximate surface area is 85.4 Å². The second kappa shape index (κ2) is 3.40. The zero-order valence-electron chi connectivity index (χ0n) is 6.15. The molecule has 0 aromatic carbocycles. The van der Waals surface area contributed by atoms with Crippen LogP contribution < -0.4 is 5.73 Å². The van der Waals surface area contributed by atoms with E-state index in [2.05, 4.69) is 4.99 Å². The molecule has 1 aliphatic carbocycles. The van der Waals surface area contributed by atoms with Crippen molar-refractivity contribution in [2.24, 2.45) is 16.6 Å². The van der Waals surface area contributed by atoms with Gasteiger partial charge in [-0.15, -0.1) is 0 Å². The van der Waals surface area contributed by atoms with Gasteiger partial charge >= 0.3 is 0 Å². The number of amidine groups is 2. The molecular weight excluding hydrogens is 220 g/mol. The van der Waals surface area contributed by atoms with E-state index in [-0.39, 0.29) is 11.8 Å². The molecule has 1 rings (SSSR count). The highest BCUT2D eigenvalue weighted by Gasteiger charge is 2.30. The lowest BCUT2D eigenvalue weighted by Gasteiger charge is -2.08. The highest BCUT2D eigenvalue weighted by Crippen LogP contribution is 2.31. The maximum atomic E-state index is 7.23. The summed E-state index contributed by atoms with van der Waals surface area (Å²) in [5.41, 5.74) is 5.51. The average Bonchev–Trinajstić information content (AvgIpc) is 2.65. The van der Waals surface area contributed by atoms with Crippen molar-refractivity contribution >= 4 is 46.5 Å². The van der Waals surface area contributed by atoms with Crippen molar-refractivity contribution in [1.29, 1.82) is 5.41 Å². The second-order valence-corrected chi connectivity index (χ2v) is 4.94. The molecule has 1 aliphatic rings. The zero-order valence-corrected chi connectivity index (χ0v) is 8.42. The molecule has 0 aliphatic heterocycles. The van der Waals surface area contributed by atoms with Crippen LogP contribution in [0.1, 0.15) is 12.8 Å². The number of nitrogens with zero attached hydrogens (tertiary/aromatic N) is 1. The highest BCUT2D eigenvalue weighted by molar-refractivity contribution is 6.76. The first-order valence-corrected chi connectivity index (χ1v) is 4.54. The Bertz CT molecular complexity index is 227. The molecule has 0 atom stereocenters. The lowest BCUT2D eigenvalue weighted by atomic mass is 10.4. The smallest absolute Gasteiger partial charge is 0.249 e. The van der Waals surface area contributed by atoms with Crippen molar-refractivity contribution in [1.82, 2.24) is 0 Å². The number of halogens is 3. The van der Waals surface area contributed by atoms with Gasteiger partial charge in [-0.1, -0.05) is 34.8 Å². The summed E-state index contributed by atoms with van der Waals surface area (Å²) in [6.07, 6.45) is 2.03. The monoisotopic (exact) mass is 227 g/mol. The van der Waals surface area contributed by atoms with Gasteiger partial charge in [0.15, 0.2) is 5.84 Å². The lowest BCUT2D eigenvalue weighted by molar-refractivity contribution is 1.15. The van der Waals surface area contributed by atoms with Crippen molar-refractivity contribution in [2.75, 3.05) is 0 Å². The molecule has 0 bridgehead atoms. The minimum Gasteiger partial charge on any atom is -0.387 e. The van der Waals surface area contributed by atoms with Crippen LogP contribution in [0.4, 0.5) is 0 Å². The molecule has 0 unspecified atom stereocenters. The van der Waals surface area contributed by atoms with E-state index >= 15 is 0 Å². The van der Waals surface area contributed by atoms with Crippen molar-refractivity contribution in [2.45, 2.75) is 16.6 Å². The van der Waals surface area contributed by atoms with Crippen LogP contribution in [0.3, 0.4) is 0 Å². The number of rotatable bonds is 1. The minimum atomic E-state index is -1.76. The van der Waals surface area contributed by atoms with E-state index in [9.17, 15) is 0 Å². The average molecular weight is 229 g/mol. The first-order valence-electron chi connectivity index (χ1n) is 3.41. The van der Waals surface area contributed by atoms with Crippen LogP contribution in [0.15, 0.2) is 4.99 Å². The molecule has 0 saturated heterocycles. The van der Waals surface area contributed by atoms with Gasteiger partial charge in [0.05, 0.1) is 0 Å². The number of alkyl halides is 3. The van der Waals surface area contributed by atoms with Crippen LogP contribution in [-0.2, 0) is 0 Å². The van der Waals surface area contributed by atoms with E-state index < -0.39 is 3.79 Å². The third-order valence-electron chi connectivity index (χ3n) is 1.51. The topological polar surface area (TPSA) is 62.2 Å². The lowest BCUT2D eigenvalue weighted by Crippen LogP contribution is -2.22. The van der Waals surface area contributed by atoms with E-state index in [4.69, 9.17) is 45.9 Å². The molecule has 0 aromatic rings. The van der Waals surface area contributed by atoms with Gasteiger partial charge in [0.1, 0.15) is 5.84 Å². The van der Waals surface area contributed by atoms with Gasteiger partial charge in [-0.3, -0.25) is 5.41 Å². The van der Waals surface area contributed by atoms with Crippen molar-refractivity contribution in [3.63, 3.8) is 0 Å². The zero-order chi connectivity index (χ0) is 9.35. The summed E-state index contributed by atoms with van der Waals surface area (Å²) in [6, 6.07) is 0. The Kier molecular flexibility index (Phi) is 2.86. The number of hydrogen-bond donors (Lipinski definition) is 2. The Morgan fingerprint density at radius 1 is 1.42 bits per heavy atom. The number of aliphatic imine (C=N–C) groups is 1. The number of nitrogens with one attached hydrogen (secondary N) is 1. The standard InChI is InChI=1S/C6H8Cl3N3/c7-6(8,9)5(11)12-4(10)3-1-2-3/h3H,1-2H2,(H3,10,11,12). The largest absolute Gasteiger partial charge is 0.387 e. The van der Waals surface area contributed by atoms with Crippen LogP contribution in [0.2, 0.25) is 0 Å². The molecule has 3 nitrogen and oxygen atoms in total. The van der Waals surface area contributed by atoms with Crippen molar-refractivity contribution in [3.05, 3.63) is 0 Å². The fraction of sp³-hybridized carbons (Fsp3) is 0.667. The Morgan fingerprint density at radius 2 is 1.92 bits per heavy atom. The molecule has 0 amide bonds. The summed E-state index contributed by atoms with van der Waals surface area (Å²) in [5.74, 6) is 0.362. The van der Waals surface area contributed by atoms with Crippen LogP contribution in [-0.4, -0.2) is 15.5 Å². The summed E-state index contributed by atoms with van der Waals surface area (Å²) in [4.78, 5) is 3.69. The Morgan fingerprint density at radius 3 is 2.25 bits per heavy atom. The predicted octanol–water partition coefficient (Wildman–Crippen LogP) is 2.10. The molecule has 0 spiro atoms. The third-order valence-corrected chi connectivity index (χ3v) is 2.04. The fourth-order valence-corrected chi connectivity index (χ4v) is 0.790. The molecule has 68 valence electrons. The Balaban J connectivity index is 2.59. The van der Waals surface area contributed by atoms with Gasteiger partial charge < -0.3 is 5.73 Å². The summed E-state index contributed by atoms with van der Waals surface area (Å²) in [5, 5.41) is 7.23. The van der Waals surface area contributed by atoms with E-state index in [1.165, 1.54) is 0 Å². The van der Waals surface area contributed by atoms with Crippen molar-refractivity contribution < 1.29 is 0 Å². The molecule has 0 radical (unpaired) electrons. The molecule has 6 heteroatoms. The van der Waals surface area contributed by atoms with Crippen LogP contribution in [0.25, 0.3) is 0 Å². The molecular formula is C6H8Cl3N3. The molecule has 1 saturated carbocycles. The normalized spacial score (nSPS) is 19.4. The predicted molar refractivity (Wildman–Crippen MR) is 52.4 cm³/mol. The first-order chi connectivity index (χ1) is 5.41. The minimum absolute atomic E-state index is 0.290. The van der Waals surface area contributed by atoms with Crippen LogP contribution in [0.5, 0.6) is 0 Å². The molecule has 12 heavy (non-hydrogen) atoms. The fourth-order valence-electron chi connectivity index (χ4n) is 0.663. The highest BCUT2D eigenvalue weighted by atomic mass is 35.6. The van der Waals surface area contributed by atoms with E-state index in [0.717, 1.165) is 12.8 Å². The van der Waals surface area contributed by atoms with Gasteiger partial charge in [-0.25, -0.2) is 4.99 Å². The summed E-state index contributed by atoms with van der Waals surface area (Å²) in [6.45, 7) is 0. The van der Waals surface area contributed by atoms with E-state index in [1.807, 2.05) is 0 Å². The number of nitrogens with two attached hydrogens (primary N) is 1. The van der Waals surface area contributed by atoms with Crippen LogP contribution in [0, 0.1) is 11.3 Å². The summed E-state index contributed by atoms with van der Waals surface area (Å²) >= 11 is 16.2. The quantitative estimate of drug-likeness (QED) is 0.403. The van der Waals surface area contributed by atoms with E-state index in [1.54, 1.807) is 0 Å². The van der Waals surface area contributed by atoms with Gasteiger partial charge in [-0.2, -0.15) is 0 Å². The van der Waals surface area contributed by atoms with Crippen molar-refractivity contribution in [3.8, 4) is 0 Å². The molecule has 0 heterocycles.